The Hall–Kier alpha value is -4.74. The van der Waals surface area contributed by atoms with E-state index < -0.39 is 28.8 Å². The zero-order valence-electron chi connectivity index (χ0n) is 24.9. The number of benzene rings is 1. The number of pyridine rings is 1. The van der Waals surface area contributed by atoms with E-state index in [0.29, 0.717) is 25.0 Å². The summed E-state index contributed by atoms with van der Waals surface area (Å²) >= 11 is 0. The van der Waals surface area contributed by atoms with Crippen LogP contribution in [0.4, 0.5) is 36.3 Å². The summed E-state index contributed by atoms with van der Waals surface area (Å²) < 4.78 is 72.3. The Bertz CT molecular complexity index is 1750. The van der Waals surface area contributed by atoms with Gasteiger partial charge in [-0.15, -0.1) is 0 Å². The molecule has 4 rings (SSSR count). The number of hydrogen-bond acceptors (Lipinski definition) is 10. The zero-order chi connectivity index (χ0) is 33.4. The standard InChI is InChI=1S/C27H29F3N8O2.CH4O3S/c1-5-23(39)33-20-14-21(25(40-16-27(28,29)30)36-24(20)37(3)13-12-31-2)35-26-32-11-10-19(34-26)18-15-38(4)22-9-7-6-8-17(18)22;1-5(2,3)4/h5-11,14-15,31H,1,12-13,16H2,2-4H3,(H,33,39)(H,32,34,35);1H3,(H,2,3,4). The van der Waals surface area contributed by atoms with Gasteiger partial charge >= 0.3 is 6.18 Å². The number of ether oxygens (including phenoxy) is 1. The number of hydrogen-bond donors (Lipinski definition) is 4. The molecule has 0 atom stereocenters. The van der Waals surface area contributed by atoms with Gasteiger partial charge in [0.1, 0.15) is 5.69 Å². The third-order valence-electron chi connectivity index (χ3n) is 5.92. The molecule has 0 aliphatic carbocycles. The van der Waals surface area contributed by atoms with Gasteiger partial charge in [0, 0.05) is 56.0 Å². The van der Waals surface area contributed by atoms with Crippen molar-refractivity contribution in [2.24, 2.45) is 7.05 Å². The van der Waals surface area contributed by atoms with Crippen LogP contribution >= 0.6 is 0 Å². The highest BCUT2D eigenvalue weighted by Gasteiger charge is 2.30. The summed E-state index contributed by atoms with van der Waals surface area (Å²) in [5.74, 6) is -0.548. The van der Waals surface area contributed by atoms with Gasteiger partial charge in [0.25, 0.3) is 10.1 Å². The number of halogens is 3. The highest BCUT2D eigenvalue weighted by atomic mass is 32.2. The molecule has 3 aromatic heterocycles. The fourth-order valence-corrected chi connectivity index (χ4v) is 4.02. The van der Waals surface area contributed by atoms with Crippen molar-refractivity contribution in [3.63, 3.8) is 0 Å². The first-order valence-electron chi connectivity index (χ1n) is 13.2. The molecule has 17 heteroatoms. The van der Waals surface area contributed by atoms with Gasteiger partial charge in [0.2, 0.25) is 17.7 Å². The maximum atomic E-state index is 13.1. The molecular weight excluding hydrogens is 617 g/mol. The van der Waals surface area contributed by atoms with E-state index in [2.05, 4.69) is 37.5 Å². The van der Waals surface area contributed by atoms with E-state index in [0.717, 1.165) is 22.5 Å². The molecule has 242 valence electrons. The van der Waals surface area contributed by atoms with Crippen molar-refractivity contribution < 1.29 is 35.7 Å². The predicted molar refractivity (Wildman–Crippen MR) is 167 cm³/mol. The Morgan fingerprint density at radius 2 is 1.89 bits per heavy atom. The van der Waals surface area contributed by atoms with Crippen LogP contribution in [0.5, 0.6) is 5.88 Å². The maximum absolute atomic E-state index is 13.1. The Balaban J connectivity index is 0.00000102. The van der Waals surface area contributed by atoms with E-state index in [9.17, 15) is 26.4 Å². The minimum absolute atomic E-state index is 0.0319. The number of carbonyl (C=O) groups is 1. The molecule has 3 heterocycles. The van der Waals surface area contributed by atoms with Crippen molar-refractivity contribution in [1.82, 2.24) is 24.8 Å². The van der Waals surface area contributed by atoms with E-state index in [1.54, 1.807) is 25.1 Å². The molecule has 0 bridgehead atoms. The quantitative estimate of drug-likeness (QED) is 0.137. The van der Waals surface area contributed by atoms with Crippen molar-refractivity contribution in [3.05, 3.63) is 61.4 Å². The molecule has 45 heavy (non-hydrogen) atoms. The molecule has 1 amide bonds. The average Bonchev–Trinajstić information content (AvgIpc) is 3.30. The predicted octanol–water partition coefficient (Wildman–Crippen LogP) is 4.00. The van der Waals surface area contributed by atoms with Crippen molar-refractivity contribution >= 4 is 50.1 Å². The lowest BCUT2D eigenvalue weighted by atomic mass is 10.1. The summed E-state index contributed by atoms with van der Waals surface area (Å²) in [4.78, 5) is 27.0. The van der Waals surface area contributed by atoms with Gasteiger partial charge in [-0.2, -0.15) is 26.6 Å². The van der Waals surface area contributed by atoms with Crippen molar-refractivity contribution in [3.8, 4) is 17.1 Å². The number of likely N-dealkylation sites (N-methyl/N-ethyl adjacent to an activating group) is 2. The molecule has 0 aliphatic rings. The Labute approximate surface area is 257 Å². The highest BCUT2D eigenvalue weighted by molar-refractivity contribution is 7.85. The number of amides is 1. The number of para-hydroxylation sites is 1. The number of carbonyl (C=O) groups excluding carboxylic acids is 1. The summed E-state index contributed by atoms with van der Waals surface area (Å²) in [7, 11) is 1.72. The van der Waals surface area contributed by atoms with E-state index in [1.165, 1.54) is 12.3 Å². The van der Waals surface area contributed by atoms with Crippen LogP contribution in [-0.2, 0) is 22.0 Å². The van der Waals surface area contributed by atoms with Crippen LogP contribution in [0.15, 0.2) is 61.4 Å². The molecule has 0 fully saturated rings. The Morgan fingerprint density at radius 1 is 1.20 bits per heavy atom. The minimum Gasteiger partial charge on any atom is -0.466 e. The fraction of sp³-hybridized carbons (Fsp3) is 0.286. The third-order valence-corrected chi connectivity index (χ3v) is 5.92. The molecule has 0 saturated carbocycles. The number of nitrogens with one attached hydrogen (secondary N) is 3. The van der Waals surface area contributed by atoms with Crippen LogP contribution in [0.25, 0.3) is 22.2 Å². The topological polar surface area (TPSA) is 164 Å². The van der Waals surface area contributed by atoms with E-state index in [-0.39, 0.29) is 29.0 Å². The van der Waals surface area contributed by atoms with Crippen molar-refractivity contribution in [2.45, 2.75) is 6.18 Å². The smallest absolute Gasteiger partial charge is 0.422 e. The molecule has 0 radical (unpaired) electrons. The molecule has 1 aromatic carbocycles. The normalized spacial score (nSPS) is 11.4. The van der Waals surface area contributed by atoms with Crippen LogP contribution in [0.3, 0.4) is 0 Å². The lowest BCUT2D eigenvalue weighted by Gasteiger charge is -2.23. The van der Waals surface area contributed by atoms with Gasteiger partial charge in [-0.05, 0) is 31.3 Å². The SMILES string of the molecule is C=CC(=O)Nc1cc(Nc2nccc(-c3cn(C)c4ccccc34)n2)c(OCC(F)(F)F)nc1N(C)CCNC.CS(=O)(=O)O. The molecule has 4 aromatic rings. The van der Waals surface area contributed by atoms with Crippen LogP contribution < -0.4 is 25.6 Å². The fourth-order valence-electron chi connectivity index (χ4n) is 4.02. The second-order valence-electron chi connectivity index (χ2n) is 9.63. The molecule has 0 spiro atoms. The maximum Gasteiger partial charge on any atom is 0.422 e. The van der Waals surface area contributed by atoms with E-state index in [4.69, 9.17) is 9.29 Å². The summed E-state index contributed by atoms with van der Waals surface area (Å²) in [5, 5.41) is 9.56. The number of rotatable bonds is 11. The highest BCUT2D eigenvalue weighted by Crippen LogP contribution is 2.36. The van der Waals surface area contributed by atoms with Crippen LogP contribution in [0, 0.1) is 0 Å². The Kier molecular flexibility index (Phi) is 11.4. The number of aryl methyl sites for hydroxylation is 1. The molecule has 0 saturated heterocycles. The molecule has 0 unspecified atom stereocenters. The minimum atomic E-state index is -4.60. The number of alkyl halides is 3. The van der Waals surface area contributed by atoms with Gasteiger partial charge in [-0.3, -0.25) is 9.35 Å². The first-order valence-corrected chi connectivity index (χ1v) is 15.0. The lowest BCUT2D eigenvalue weighted by molar-refractivity contribution is -0.153. The number of aromatic nitrogens is 4. The summed E-state index contributed by atoms with van der Waals surface area (Å²) in [6.07, 6.45) is 0.672. The number of fused-ring (bicyclic) bond motifs is 1. The average molecular weight is 651 g/mol. The first kappa shape index (κ1) is 34.7. The van der Waals surface area contributed by atoms with Gasteiger partial charge in [-0.1, -0.05) is 24.8 Å². The second-order valence-corrected chi connectivity index (χ2v) is 11.1. The van der Waals surface area contributed by atoms with Crippen LogP contribution in [0.2, 0.25) is 0 Å². The monoisotopic (exact) mass is 650 g/mol. The molecule has 4 N–H and O–H groups in total. The number of nitrogens with zero attached hydrogens (tertiary/aromatic N) is 5. The number of anilines is 4. The first-order chi connectivity index (χ1) is 21.1. The van der Waals surface area contributed by atoms with Gasteiger partial charge in [0.15, 0.2) is 12.4 Å². The van der Waals surface area contributed by atoms with Gasteiger partial charge in [-0.25, -0.2) is 9.97 Å². The van der Waals surface area contributed by atoms with Crippen molar-refractivity contribution in [1.29, 1.82) is 0 Å². The van der Waals surface area contributed by atoms with Gasteiger partial charge < -0.3 is 30.2 Å². The summed E-state index contributed by atoms with van der Waals surface area (Å²) in [6, 6.07) is 11.0. The molecular formula is C28H33F3N8O5S. The van der Waals surface area contributed by atoms with E-state index in [1.807, 2.05) is 42.1 Å². The van der Waals surface area contributed by atoms with E-state index >= 15 is 0 Å². The second kappa shape index (κ2) is 14.8. The Morgan fingerprint density at radius 3 is 2.53 bits per heavy atom. The largest absolute Gasteiger partial charge is 0.466 e. The molecule has 13 nitrogen and oxygen atoms in total. The molecule has 0 aliphatic heterocycles. The summed E-state index contributed by atoms with van der Waals surface area (Å²) in [6.45, 7) is 2.90. The third kappa shape index (κ3) is 10.4. The van der Waals surface area contributed by atoms with Crippen LogP contribution in [0.1, 0.15) is 0 Å². The summed E-state index contributed by atoms with van der Waals surface area (Å²) in [5.41, 5.74) is 2.73. The van der Waals surface area contributed by atoms with Crippen LogP contribution in [-0.4, -0.2) is 84.6 Å². The lowest BCUT2D eigenvalue weighted by Crippen LogP contribution is -2.29. The van der Waals surface area contributed by atoms with Gasteiger partial charge in [0.05, 0.1) is 17.6 Å². The zero-order valence-corrected chi connectivity index (χ0v) is 25.7. The van der Waals surface area contributed by atoms with Crippen molar-refractivity contribution in [2.75, 3.05) is 55.6 Å².